The summed E-state index contributed by atoms with van der Waals surface area (Å²) in [6.45, 7) is 0.281. The molecule has 5 N–H and O–H groups in total. The smallest absolute Gasteiger partial charge is 0.407 e. The Hall–Kier alpha value is -5.82. The number of rotatable bonds is 10. The van der Waals surface area contributed by atoms with Crippen molar-refractivity contribution in [2.45, 2.75) is 0 Å². The second-order valence-corrected chi connectivity index (χ2v) is 10.9. The van der Waals surface area contributed by atoms with Crippen LogP contribution in [-0.4, -0.2) is 87.6 Å². The number of nitrogens with one attached hydrogen (secondary N) is 2. The fourth-order valence-corrected chi connectivity index (χ4v) is 4.87. The Labute approximate surface area is 268 Å². The topological polar surface area (TPSA) is 176 Å². The number of aromatic amines is 1. The molecule has 5 aromatic rings. The third-order valence-electron chi connectivity index (χ3n) is 7.14. The number of fused-ring (bicyclic) bond motifs is 1. The van der Waals surface area contributed by atoms with Crippen molar-refractivity contribution in [2.75, 3.05) is 40.0 Å². The minimum atomic E-state index is -1.09. The zero-order chi connectivity index (χ0) is 33.1. The number of aromatic nitrogens is 3. The van der Waals surface area contributed by atoms with Crippen LogP contribution in [0.2, 0.25) is 5.02 Å². The summed E-state index contributed by atoms with van der Waals surface area (Å²) < 4.78 is 7.32. The van der Waals surface area contributed by atoms with Crippen LogP contribution < -0.4 is 15.8 Å². The zero-order valence-electron chi connectivity index (χ0n) is 25.1. The van der Waals surface area contributed by atoms with Crippen LogP contribution in [0, 0.1) is 0 Å². The molecule has 236 valence electrons. The summed E-state index contributed by atoms with van der Waals surface area (Å²) in [7, 11) is 4.72. The van der Waals surface area contributed by atoms with Gasteiger partial charge in [0.15, 0.2) is 0 Å². The van der Waals surface area contributed by atoms with Crippen LogP contribution in [0.15, 0.2) is 72.9 Å². The molecule has 0 spiro atoms. The van der Waals surface area contributed by atoms with E-state index in [4.69, 9.17) is 27.2 Å². The van der Waals surface area contributed by atoms with Gasteiger partial charge in [-0.25, -0.2) is 9.48 Å². The summed E-state index contributed by atoms with van der Waals surface area (Å²) in [5, 5.41) is 16.8. The van der Waals surface area contributed by atoms with Gasteiger partial charge in [0.25, 0.3) is 11.8 Å². The van der Waals surface area contributed by atoms with Crippen molar-refractivity contribution in [3.8, 4) is 17.2 Å². The van der Waals surface area contributed by atoms with Gasteiger partial charge in [0.2, 0.25) is 5.78 Å². The van der Waals surface area contributed by atoms with Crippen molar-refractivity contribution >= 4 is 52.0 Å². The molecule has 0 aliphatic carbocycles. The van der Waals surface area contributed by atoms with Gasteiger partial charge in [-0.2, -0.15) is 5.10 Å². The Morgan fingerprint density at radius 2 is 1.78 bits per heavy atom. The Morgan fingerprint density at radius 3 is 2.50 bits per heavy atom. The summed E-state index contributed by atoms with van der Waals surface area (Å²) in [5.74, 6) is -0.188. The van der Waals surface area contributed by atoms with E-state index < -0.39 is 11.9 Å². The fraction of sp³-hybridized carbons (Fsp3) is 0.156. The third-order valence-corrected chi connectivity index (χ3v) is 7.44. The molecule has 3 aromatic carbocycles. The molecule has 0 bridgehead atoms. The number of anilines is 1. The normalized spacial score (nSPS) is 10.9. The summed E-state index contributed by atoms with van der Waals surface area (Å²) >= 11 is 6.59. The van der Waals surface area contributed by atoms with Gasteiger partial charge in [-0.05, 0) is 48.5 Å². The first-order chi connectivity index (χ1) is 21.9. The summed E-state index contributed by atoms with van der Waals surface area (Å²) in [6.07, 6.45) is 0.259. The first-order valence-electron chi connectivity index (χ1n) is 14.0. The summed E-state index contributed by atoms with van der Waals surface area (Å²) in [6, 6.07) is 18.2. The molecule has 0 aliphatic rings. The predicted molar refractivity (Wildman–Crippen MR) is 172 cm³/mol. The van der Waals surface area contributed by atoms with Crippen molar-refractivity contribution in [3.05, 3.63) is 100 Å². The zero-order valence-corrected chi connectivity index (χ0v) is 25.8. The molecule has 0 atom stereocenters. The number of carbonyl (C=O) groups is 4. The Bertz CT molecular complexity index is 1980. The molecule has 46 heavy (non-hydrogen) atoms. The van der Waals surface area contributed by atoms with Gasteiger partial charge in [-0.15, -0.1) is 0 Å². The molecule has 2 aromatic heterocycles. The summed E-state index contributed by atoms with van der Waals surface area (Å²) in [5.41, 5.74) is 8.53. The quantitative estimate of drug-likeness (QED) is 0.159. The molecule has 14 heteroatoms. The van der Waals surface area contributed by atoms with E-state index in [1.807, 2.05) is 0 Å². The maximum atomic E-state index is 13.5. The lowest BCUT2D eigenvalue weighted by atomic mass is 10.1. The van der Waals surface area contributed by atoms with E-state index in [1.54, 1.807) is 80.8 Å². The van der Waals surface area contributed by atoms with Crippen LogP contribution in [0.4, 0.5) is 10.6 Å². The molecule has 2 heterocycles. The van der Waals surface area contributed by atoms with Gasteiger partial charge < -0.3 is 35.7 Å². The van der Waals surface area contributed by atoms with E-state index >= 15 is 0 Å². The maximum Gasteiger partial charge on any atom is 0.407 e. The van der Waals surface area contributed by atoms with Crippen LogP contribution in [-0.2, 0) is 0 Å². The maximum absolute atomic E-state index is 13.5. The second-order valence-electron chi connectivity index (χ2n) is 10.5. The van der Waals surface area contributed by atoms with Crippen molar-refractivity contribution in [3.63, 3.8) is 0 Å². The minimum absolute atomic E-state index is 0.0625. The second kappa shape index (κ2) is 13.0. The Kier molecular flexibility index (Phi) is 8.96. The van der Waals surface area contributed by atoms with Crippen molar-refractivity contribution in [1.29, 1.82) is 0 Å². The monoisotopic (exact) mass is 643 g/mol. The van der Waals surface area contributed by atoms with E-state index in [2.05, 4.69) is 15.4 Å². The van der Waals surface area contributed by atoms with Crippen LogP contribution in [0.3, 0.4) is 0 Å². The van der Waals surface area contributed by atoms with Crippen LogP contribution >= 0.6 is 11.6 Å². The van der Waals surface area contributed by atoms with Crippen molar-refractivity contribution in [1.82, 2.24) is 29.9 Å². The van der Waals surface area contributed by atoms with Crippen LogP contribution in [0.25, 0.3) is 16.6 Å². The molecule has 0 saturated heterocycles. The molecular weight excluding hydrogens is 614 g/mol. The molecule has 3 amide bonds. The highest BCUT2D eigenvalue weighted by Crippen LogP contribution is 2.32. The molecule has 5 rings (SSSR count). The lowest BCUT2D eigenvalue weighted by Gasteiger charge is -2.15. The number of H-pyrrole nitrogens is 1. The van der Waals surface area contributed by atoms with Crippen molar-refractivity contribution < 1.29 is 29.0 Å². The number of carboxylic acid groups (broad SMARTS) is 1. The average molecular weight is 644 g/mol. The van der Waals surface area contributed by atoms with Gasteiger partial charge in [-0.3, -0.25) is 14.4 Å². The number of hydrogen-bond donors (Lipinski definition) is 4. The van der Waals surface area contributed by atoms with Gasteiger partial charge in [0.05, 0.1) is 33.7 Å². The van der Waals surface area contributed by atoms with E-state index in [1.165, 1.54) is 22.8 Å². The molecule has 13 nitrogen and oxygen atoms in total. The molecule has 0 aliphatic heterocycles. The number of halogens is 1. The number of ether oxygens (including phenoxy) is 1. The Balaban J connectivity index is 1.32. The number of hydrogen-bond acceptors (Lipinski definition) is 7. The number of ketones is 1. The number of para-hydroxylation sites is 1. The number of likely N-dealkylation sites (N-methyl/N-ethyl adjacent to an activating group) is 1. The number of benzene rings is 3. The lowest BCUT2D eigenvalue weighted by molar-refractivity contribution is 0.0824. The number of carbonyl (C=O) groups excluding carboxylic acids is 3. The summed E-state index contributed by atoms with van der Waals surface area (Å²) in [4.78, 5) is 55.1. The number of nitrogens with zero attached hydrogens (tertiary/aromatic N) is 4. The fourth-order valence-electron chi connectivity index (χ4n) is 4.62. The third kappa shape index (κ3) is 6.49. The first-order valence-corrected chi connectivity index (χ1v) is 14.3. The lowest BCUT2D eigenvalue weighted by Crippen LogP contribution is -2.35. The van der Waals surface area contributed by atoms with Gasteiger partial charge >= 0.3 is 6.09 Å². The molecule has 0 saturated carbocycles. The standard InChI is InChI=1S/C32H30ClN7O6/c1-38(2)31(43)21-6-4-5-7-27(21)46-20-9-11-26(23(33)16-20)40-29(34)22(17-36-40)28(41)25-15-19-14-18(8-10-24(19)37-25)30(42)35-12-13-39(3)32(44)45/h4-11,14-17,37H,12-13,34H2,1-3H3,(H,35,42)(H,44,45). The van der Waals surface area contributed by atoms with Crippen molar-refractivity contribution in [2.24, 2.45) is 0 Å². The minimum Gasteiger partial charge on any atom is -0.465 e. The van der Waals surface area contributed by atoms with Gasteiger partial charge in [0.1, 0.15) is 17.3 Å². The van der Waals surface area contributed by atoms with Gasteiger partial charge in [-0.1, -0.05) is 23.7 Å². The first kappa shape index (κ1) is 31.6. The van der Waals surface area contributed by atoms with Gasteiger partial charge in [0, 0.05) is 56.8 Å². The highest BCUT2D eigenvalue weighted by Gasteiger charge is 2.22. The van der Waals surface area contributed by atoms with E-state index in [0.717, 1.165) is 4.90 Å². The number of nitrogen functional groups attached to an aromatic ring is 1. The van der Waals surface area contributed by atoms with E-state index in [-0.39, 0.29) is 47.0 Å². The average Bonchev–Trinajstić information content (AvgIpc) is 3.63. The SMILES string of the molecule is CN(C)C(=O)c1ccccc1Oc1ccc(-n2ncc(C(=O)c3cc4cc(C(=O)NCCN(C)C(=O)O)ccc4[nH]3)c2N)c(Cl)c1. The molecular formula is C32H30ClN7O6. The molecule has 0 radical (unpaired) electrons. The highest BCUT2D eigenvalue weighted by atomic mass is 35.5. The molecule has 0 unspecified atom stereocenters. The molecule has 0 fully saturated rings. The highest BCUT2D eigenvalue weighted by molar-refractivity contribution is 6.32. The van der Waals surface area contributed by atoms with Crippen LogP contribution in [0.1, 0.15) is 36.8 Å². The van der Waals surface area contributed by atoms with E-state index in [0.29, 0.717) is 39.2 Å². The largest absolute Gasteiger partial charge is 0.465 e. The van der Waals surface area contributed by atoms with E-state index in [9.17, 15) is 19.2 Å². The number of nitrogens with two attached hydrogens (primary N) is 1. The predicted octanol–water partition coefficient (Wildman–Crippen LogP) is 4.65. The number of amides is 3. The van der Waals surface area contributed by atoms with Crippen LogP contribution in [0.5, 0.6) is 11.5 Å². The Morgan fingerprint density at radius 1 is 1.02 bits per heavy atom.